The fourth-order valence-electron chi connectivity index (χ4n) is 4.56. The number of nitro benzene ring substituents is 1. The zero-order valence-electron chi connectivity index (χ0n) is 16.3. The van der Waals surface area contributed by atoms with Gasteiger partial charge in [-0.15, -0.1) is 0 Å². The molecule has 0 spiro atoms. The first-order valence-electron chi connectivity index (χ1n) is 10.0. The van der Waals surface area contributed by atoms with Crippen molar-refractivity contribution in [3.05, 3.63) is 93.5 Å². The lowest BCUT2D eigenvalue weighted by atomic mass is 9.98. The van der Waals surface area contributed by atoms with Crippen molar-refractivity contribution < 1.29 is 14.5 Å². The fourth-order valence-corrected chi connectivity index (χ4v) is 4.56. The summed E-state index contributed by atoms with van der Waals surface area (Å²) in [7, 11) is 0. The number of anilines is 1. The second kappa shape index (κ2) is 7.30. The Labute approximate surface area is 173 Å². The first-order chi connectivity index (χ1) is 14.6. The molecule has 3 aromatic carbocycles. The highest BCUT2D eigenvalue weighted by Gasteiger charge is 2.31. The Bertz CT molecular complexity index is 1110. The topological polar surface area (TPSA) is 72.7 Å². The average molecular weight is 400 g/mol. The van der Waals surface area contributed by atoms with Crippen LogP contribution in [0.25, 0.3) is 11.1 Å². The lowest BCUT2D eigenvalue weighted by Crippen LogP contribution is -2.36. The van der Waals surface area contributed by atoms with Gasteiger partial charge in [0.2, 0.25) is 0 Å². The van der Waals surface area contributed by atoms with E-state index in [-0.39, 0.29) is 18.2 Å². The summed E-state index contributed by atoms with van der Waals surface area (Å²) in [5, 5.41) is 11.1. The van der Waals surface area contributed by atoms with Crippen LogP contribution in [0.15, 0.2) is 66.7 Å². The van der Waals surface area contributed by atoms with Crippen LogP contribution in [0, 0.1) is 10.1 Å². The van der Waals surface area contributed by atoms with Crippen molar-refractivity contribution in [3.8, 4) is 11.1 Å². The quantitative estimate of drug-likeness (QED) is 0.442. The summed E-state index contributed by atoms with van der Waals surface area (Å²) in [6.45, 7) is 0.799. The molecular weight excluding hydrogens is 380 g/mol. The van der Waals surface area contributed by atoms with Crippen molar-refractivity contribution in [3.63, 3.8) is 0 Å². The van der Waals surface area contributed by atoms with Crippen LogP contribution in [0.1, 0.15) is 29.0 Å². The number of nitro groups is 1. The molecular formula is C24H20N2O4. The smallest absolute Gasteiger partial charge is 0.414 e. The molecule has 0 radical (unpaired) electrons. The second-order valence-electron chi connectivity index (χ2n) is 7.63. The van der Waals surface area contributed by atoms with Gasteiger partial charge < -0.3 is 4.74 Å². The van der Waals surface area contributed by atoms with Gasteiger partial charge in [-0.05, 0) is 46.7 Å². The molecule has 6 nitrogen and oxygen atoms in total. The normalized spacial score (nSPS) is 14.6. The molecule has 5 rings (SSSR count). The van der Waals surface area contributed by atoms with E-state index in [1.807, 2.05) is 24.3 Å². The predicted molar refractivity (Wildman–Crippen MR) is 114 cm³/mol. The number of fused-ring (bicyclic) bond motifs is 4. The van der Waals surface area contributed by atoms with Gasteiger partial charge in [0, 0.05) is 24.6 Å². The van der Waals surface area contributed by atoms with Crippen molar-refractivity contribution in [2.45, 2.75) is 18.8 Å². The maximum Gasteiger partial charge on any atom is 0.414 e. The van der Waals surface area contributed by atoms with Crippen LogP contribution in [0.3, 0.4) is 0 Å². The van der Waals surface area contributed by atoms with Crippen molar-refractivity contribution in [1.82, 2.24) is 0 Å². The minimum absolute atomic E-state index is 0.00229. The maximum absolute atomic E-state index is 12.9. The largest absolute Gasteiger partial charge is 0.448 e. The highest BCUT2D eigenvalue weighted by Crippen LogP contribution is 2.44. The Morgan fingerprint density at radius 3 is 2.37 bits per heavy atom. The van der Waals surface area contributed by atoms with Crippen molar-refractivity contribution in [2.24, 2.45) is 0 Å². The number of carbonyl (C=O) groups excluding carboxylic acids is 1. The Morgan fingerprint density at radius 2 is 1.70 bits per heavy atom. The van der Waals surface area contributed by atoms with Crippen LogP contribution >= 0.6 is 0 Å². The second-order valence-corrected chi connectivity index (χ2v) is 7.63. The number of ether oxygens (including phenoxy) is 1. The number of non-ortho nitro benzene ring substituents is 1. The van der Waals surface area contributed by atoms with Gasteiger partial charge in [0.05, 0.1) is 10.6 Å². The molecule has 0 fully saturated rings. The monoisotopic (exact) mass is 400 g/mol. The van der Waals surface area contributed by atoms with Gasteiger partial charge in [-0.2, -0.15) is 0 Å². The Kier molecular flexibility index (Phi) is 4.47. The molecule has 150 valence electrons. The lowest BCUT2D eigenvalue weighted by molar-refractivity contribution is -0.384. The summed E-state index contributed by atoms with van der Waals surface area (Å²) >= 11 is 0. The molecule has 2 aliphatic rings. The van der Waals surface area contributed by atoms with Gasteiger partial charge in [0.15, 0.2) is 0 Å². The van der Waals surface area contributed by atoms with Gasteiger partial charge in [-0.3, -0.25) is 15.0 Å². The molecule has 30 heavy (non-hydrogen) atoms. The number of nitrogens with zero attached hydrogens (tertiary/aromatic N) is 2. The molecule has 1 aliphatic heterocycles. The van der Waals surface area contributed by atoms with Gasteiger partial charge in [0.1, 0.15) is 6.61 Å². The van der Waals surface area contributed by atoms with E-state index in [2.05, 4.69) is 24.3 Å². The number of aryl methyl sites for hydroxylation is 1. The van der Waals surface area contributed by atoms with E-state index in [0.717, 1.165) is 12.0 Å². The Balaban J connectivity index is 1.37. The molecule has 1 heterocycles. The van der Waals surface area contributed by atoms with Crippen LogP contribution in [0.2, 0.25) is 0 Å². The first-order valence-corrected chi connectivity index (χ1v) is 10.0. The summed E-state index contributed by atoms with van der Waals surface area (Å²) in [6, 6.07) is 21.1. The predicted octanol–water partition coefficient (Wildman–Crippen LogP) is 5.30. The number of amides is 1. The van der Waals surface area contributed by atoms with E-state index in [0.29, 0.717) is 18.7 Å². The standard InChI is InChI=1S/C24H20N2O4/c27-24(25-13-5-6-16-14-17(26(28)29)11-12-23(16)25)30-15-22-20-9-3-1-7-18(20)19-8-2-4-10-21(19)22/h1-4,7-12,14,22H,5-6,13,15H2. The minimum atomic E-state index is -0.410. The van der Waals surface area contributed by atoms with Crippen molar-refractivity contribution in [1.29, 1.82) is 0 Å². The van der Waals surface area contributed by atoms with Crippen LogP contribution in [0.5, 0.6) is 0 Å². The SMILES string of the molecule is O=C(OCC1c2ccccc2-c2ccccc21)N1CCCc2cc([N+](=O)[O-])ccc21. The third-order valence-corrected chi connectivity index (χ3v) is 5.95. The van der Waals surface area contributed by atoms with Crippen LogP contribution in [-0.2, 0) is 11.2 Å². The molecule has 6 heteroatoms. The lowest BCUT2D eigenvalue weighted by Gasteiger charge is -2.29. The zero-order chi connectivity index (χ0) is 20.7. The van der Waals surface area contributed by atoms with Crippen molar-refractivity contribution in [2.75, 3.05) is 18.1 Å². The molecule has 0 atom stereocenters. The number of hydrogen-bond acceptors (Lipinski definition) is 4. The number of hydrogen-bond donors (Lipinski definition) is 0. The Hall–Kier alpha value is -3.67. The third kappa shape index (κ3) is 3.01. The summed E-state index contributed by atoms with van der Waals surface area (Å²) in [5.41, 5.74) is 6.26. The molecule has 0 unspecified atom stereocenters. The van der Waals surface area contributed by atoms with Crippen LogP contribution in [-0.4, -0.2) is 24.2 Å². The van der Waals surface area contributed by atoms with E-state index in [1.165, 1.54) is 28.3 Å². The molecule has 0 saturated heterocycles. The highest BCUT2D eigenvalue weighted by atomic mass is 16.6. The first kappa shape index (κ1) is 18.4. The third-order valence-electron chi connectivity index (χ3n) is 5.95. The maximum atomic E-state index is 12.9. The summed E-state index contributed by atoms with van der Waals surface area (Å²) in [5.74, 6) is 0.00229. The van der Waals surface area contributed by atoms with Gasteiger partial charge in [-0.25, -0.2) is 4.79 Å². The number of rotatable bonds is 3. The Morgan fingerprint density at radius 1 is 1.03 bits per heavy atom. The van der Waals surface area contributed by atoms with E-state index in [9.17, 15) is 14.9 Å². The van der Waals surface area contributed by atoms with E-state index in [1.54, 1.807) is 17.0 Å². The van der Waals surface area contributed by atoms with Crippen LogP contribution < -0.4 is 4.90 Å². The van der Waals surface area contributed by atoms with Gasteiger partial charge >= 0.3 is 6.09 Å². The minimum Gasteiger partial charge on any atom is -0.448 e. The summed E-state index contributed by atoms with van der Waals surface area (Å²) < 4.78 is 5.77. The van der Waals surface area contributed by atoms with E-state index < -0.39 is 11.0 Å². The molecule has 0 bridgehead atoms. The summed E-state index contributed by atoms with van der Waals surface area (Å²) in [6.07, 6.45) is 1.05. The molecule has 1 aliphatic carbocycles. The average Bonchev–Trinajstić information content (AvgIpc) is 3.10. The number of carbonyl (C=O) groups is 1. The van der Waals surface area contributed by atoms with Crippen LogP contribution in [0.4, 0.5) is 16.2 Å². The summed E-state index contributed by atoms with van der Waals surface area (Å²) in [4.78, 5) is 25.2. The van der Waals surface area contributed by atoms with Gasteiger partial charge in [0.25, 0.3) is 5.69 Å². The van der Waals surface area contributed by atoms with E-state index >= 15 is 0 Å². The molecule has 0 aromatic heterocycles. The molecule has 3 aromatic rings. The van der Waals surface area contributed by atoms with Gasteiger partial charge in [-0.1, -0.05) is 48.5 Å². The fraction of sp³-hybridized carbons (Fsp3) is 0.208. The zero-order valence-corrected chi connectivity index (χ0v) is 16.3. The van der Waals surface area contributed by atoms with Crippen molar-refractivity contribution >= 4 is 17.5 Å². The number of benzene rings is 3. The molecule has 1 amide bonds. The van der Waals surface area contributed by atoms with E-state index in [4.69, 9.17) is 4.74 Å². The molecule has 0 N–H and O–H groups in total. The highest BCUT2D eigenvalue weighted by molar-refractivity contribution is 5.89. The molecule has 0 saturated carbocycles.